The van der Waals surface area contributed by atoms with Gasteiger partial charge in [0, 0.05) is 11.0 Å². The van der Waals surface area contributed by atoms with Crippen molar-refractivity contribution in [3.63, 3.8) is 0 Å². The Balaban J connectivity index is 2.24. The van der Waals surface area contributed by atoms with Crippen LogP contribution in [0.15, 0.2) is 22.7 Å². The largest absolute Gasteiger partial charge is 0.352 e. The molecule has 0 unspecified atom stereocenters. The number of amides is 1. The number of hydrogen-bond donors (Lipinski definition) is 1. The van der Waals surface area contributed by atoms with Crippen molar-refractivity contribution >= 4 is 21.8 Å². The van der Waals surface area contributed by atoms with E-state index in [4.69, 9.17) is 0 Å². The molecule has 0 aromatic heterocycles. The van der Waals surface area contributed by atoms with Gasteiger partial charge in [0.2, 0.25) is 0 Å². The average Bonchev–Trinajstić information content (AvgIpc) is 2.37. The van der Waals surface area contributed by atoms with Crippen molar-refractivity contribution in [2.75, 3.05) is 6.54 Å². The zero-order valence-corrected chi connectivity index (χ0v) is 12.9. The van der Waals surface area contributed by atoms with Crippen molar-refractivity contribution in [2.24, 2.45) is 0 Å². The molecule has 0 heterocycles. The van der Waals surface area contributed by atoms with Crippen LogP contribution in [-0.4, -0.2) is 12.5 Å². The second-order valence-corrected chi connectivity index (χ2v) is 5.56. The minimum absolute atomic E-state index is 0.106. The van der Waals surface area contributed by atoms with E-state index in [0.717, 1.165) is 12.8 Å². The summed E-state index contributed by atoms with van der Waals surface area (Å²) in [5, 5.41) is 2.76. The fraction of sp³-hybridized carbons (Fsp3) is 0.533. The van der Waals surface area contributed by atoms with E-state index in [0.29, 0.717) is 11.0 Å². The predicted octanol–water partition coefficient (Wildman–Crippen LogP) is 4.68. The molecule has 0 atom stereocenters. The van der Waals surface area contributed by atoms with Gasteiger partial charge in [0.1, 0.15) is 5.82 Å². The second kappa shape index (κ2) is 9.08. The lowest BCUT2D eigenvalue weighted by Gasteiger charge is -2.06. The van der Waals surface area contributed by atoms with Crippen molar-refractivity contribution in [2.45, 2.75) is 45.4 Å². The van der Waals surface area contributed by atoms with E-state index in [1.165, 1.54) is 37.8 Å². The van der Waals surface area contributed by atoms with Crippen LogP contribution in [0.1, 0.15) is 55.8 Å². The van der Waals surface area contributed by atoms with Crippen LogP contribution in [-0.2, 0) is 0 Å². The highest BCUT2D eigenvalue weighted by Crippen LogP contribution is 2.15. The number of carbonyl (C=O) groups excluding carboxylic acids is 1. The fourth-order valence-electron chi connectivity index (χ4n) is 1.88. The van der Waals surface area contributed by atoms with Gasteiger partial charge in [-0.2, -0.15) is 0 Å². The summed E-state index contributed by atoms with van der Waals surface area (Å²) < 4.78 is 14.2. The van der Waals surface area contributed by atoms with Crippen molar-refractivity contribution in [1.29, 1.82) is 0 Å². The third-order valence-corrected chi connectivity index (χ3v) is 3.48. The Kier molecular flexibility index (Phi) is 7.72. The van der Waals surface area contributed by atoms with Gasteiger partial charge in [0.25, 0.3) is 5.91 Å². The first-order chi connectivity index (χ1) is 9.15. The normalized spacial score (nSPS) is 10.5. The molecule has 1 rings (SSSR count). The number of benzene rings is 1. The van der Waals surface area contributed by atoms with E-state index < -0.39 is 5.82 Å². The van der Waals surface area contributed by atoms with Crippen LogP contribution >= 0.6 is 15.9 Å². The lowest BCUT2D eigenvalue weighted by atomic mass is 10.1. The first-order valence-electron chi connectivity index (χ1n) is 6.88. The van der Waals surface area contributed by atoms with Crippen LogP contribution in [0.2, 0.25) is 0 Å². The summed E-state index contributed by atoms with van der Waals surface area (Å²) in [6.07, 6.45) is 7.04. The molecule has 1 amide bonds. The Morgan fingerprint density at radius 1 is 1.21 bits per heavy atom. The third kappa shape index (κ3) is 6.19. The zero-order valence-electron chi connectivity index (χ0n) is 11.3. The molecule has 0 spiro atoms. The molecular weight excluding hydrogens is 309 g/mol. The van der Waals surface area contributed by atoms with Gasteiger partial charge in [0.05, 0.1) is 5.56 Å². The summed E-state index contributed by atoms with van der Waals surface area (Å²) in [6.45, 7) is 2.80. The Morgan fingerprint density at radius 2 is 1.89 bits per heavy atom. The van der Waals surface area contributed by atoms with E-state index in [9.17, 15) is 9.18 Å². The smallest absolute Gasteiger partial charge is 0.254 e. The number of halogens is 2. The van der Waals surface area contributed by atoms with Crippen LogP contribution in [0.5, 0.6) is 0 Å². The van der Waals surface area contributed by atoms with Gasteiger partial charge in [-0.25, -0.2) is 4.39 Å². The Labute approximate surface area is 122 Å². The maximum atomic E-state index is 13.5. The first-order valence-corrected chi connectivity index (χ1v) is 7.67. The summed E-state index contributed by atoms with van der Waals surface area (Å²) in [5.74, 6) is -0.826. The van der Waals surface area contributed by atoms with Crippen LogP contribution < -0.4 is 5.32 Å². The van der Waals surface area contributed by atoms with Crippen molar-refractivity contribution in [1.82, 2.24) is 5.32 Å². The maximum absolute atomic E-state index is 13.5. The zero-order chi connectivity index (χ0) is 14.1. The molecule has 1 N–H and O–H groups in total. The lowest BCUT2D eigenvalue weighted by molar-refractivity contribution is 0.0949. The van der Waals surface area contributed by atoms with Crippen LogP contribution in [0, 0.1) is 5.82 Å². The van der Waals surface area contributed by atoms with Gasteiger partial charge in [-0.15, -0.1) is 0 Å². The molecule has 19 heavy (non-hydrogen) atoms. The SMILES string of the molecule is CCCCCCCCNC(=O)c1ccc(Br)cc1F. The predicted molar refractivity (Wildman–Crippen MR) is 79.8 cm³/mol. The summed E-state index contributed by atoms with van der Waals surface area (Å²) in [7, 11) is 0. The maximum Gasteiger partial charge on any atom is 0.254 e. The summed E-state index contributed by atoms with van der Waals surface area (Å²) in [6, 6.07) is 4.47. The van der Waals surface area contributed by atoms with Gasteiger partial charge in [-0.1, -0.05) is 55.0 Å². The molecule has 0 saturated carbocycles. The van der Waals surface area contributed by atoms with E-state index in [1.54, 1.807) is 6.07 Å². The van der Waals surface area contributed by atoms with E-state index in [1.807, 2.05) is 0 Å². The topological polar surface area (TPSA) is 29.1 Å². The van der Waals surface area contributed by atoms with Crippen LogP contribution in [0.25, 0.3) is 0 Å². The number of carbonyl (C=O) groups is 1. The molecule has 1 aromatic carbocycles. The highest BCUT2D eigenvalue weighted by molar-refractivity contribution is 9.10. The number of hydrogen-bond acceptors (Lipinski definition) is 1. The Hall–Kier alpha value is -0.900. The molecule has 0 aliphatic rings. The van der Waals surface area contributed by atoms with Crippen LogP contribution in [0.4, 0.5) is 4.39 Å². The molecule has 0 bridgehead atoms. The summed E-state index contributed by atoms with van der Waals surface area (Å²) in [4.78, 5) is 11.7. The highest BCUT2D eigenvalue weighted by Gasteiger charge is 2.10. The van der Waals surface area contributed by atoms with E-state index in [-0.39, 0.29) is 11.5 Å². The molecular formula is C15H21BrFNO. The highest BCUT2D eigenvalue weighted by atomic mass is 79.9. The van der Waals surface area contributed by atoms with Crippen LogP contribution in [0.3, 0.4) is 0 Å². The molecule has 4 heteroatoms. The van der Waals surface area contributed by atoms with E-state index >= 15 is 0 Å². The monoisotopic (exact) mass is 329 g/mol. The molecule has 0 radical (unpaired) electrons. The lowest BCUT2D eigenvalue weighted by Crippen LogP contribution is -2.25. The fourth-order valence-corrected chi connectivity index (χ4v) is 2.21. The standard InChI is InChI=1S/C15H21BrFNO/c1-2-3-4-5-6-7-10-18-15(19)13-9-8-12(16)11-14(13)17/h8-9,11H,2-7,10H2,1H3,(H,18,19). The van der Waals surface area contributed by atoms with Crippen molar-refractivity contribution < 1.29 is 9.18 Å². The van der Waals surface area contributed by atoms with Gasteiger partial charge in [0.15, 0.2) is 0 Å². The Bertz CT molecular complexity index is 409. The minimum Gasteiger partial charge on any atom is -0.352 e. The van der Waals surface area contributed by atoms with Crippen molar-refractivity contribution in [3.05, 3.63) is 34.1 Å². The number of unbranched alkanes of at least 4 members (excludes halogenated alkanes) is 5. The van der Waals surface area contributed by atoms with Gasteiger partial charge >= 0.3 is 0 Å². The molecule has 0 aliphatic carbocycles. The van der Waals surface area contributed by atoms with Gasteiger partial charge in [-0.3, -0.25) is 4.79 Å². The van der Waals surface area contributed by atoms with Gasteiger partial charge < -0.3 is 5.32 Å². The summed E-state index contributed by atoms with van der Waals surface area (Å²) in [5.41, 5.74) is 0.106. The van der Waals surface area contributed by atoms with E-state index in [2.05, 4.69) is 28.2 Å². The average molecular weight is 330 g/mol. The first kappa shape index (κ1) is 16.2. The van der Waals surface area contributed by atoms with Gasteiger partial charge in [-0.05, 0) is 24.6 Å². The second-order valence-electron chi connectivity index (χ2n) is 4.65. The number of rotatable bonds is 8. The third-order valence-electron chi connectivity index (χ3n) is 2.99. The summed E-state index contributed by atoms with van der Waals surface area (Å²) >= 11 is 3.17. The molecule has 1 aromatic rings. The molecule has 0 saturated heterocycles. The Morgan fingerprint density at radius 3 is 2.58 bits per heavy atom. The number of nitrogens with one attached hydrogen (secondary N) is 1. The minimum atomic E-state index is -0.491. The molecule has 0 aliphatic heterocycles. The quantitative estimate of drug-likeness (QED) is 0.689. The molecule has 106 valence electrons. The molecule has 2 nitrogen and oxygen atoms in total. The molecule has 0 fully saturated rings. The van der Waals surface area contributed by atoms with Crippen molar-refractivity contribution in [3.8, 4) is 0 Å².